The monoisotopic (exact) mass is 285 g/mol. The van der Waals surface area contributed by atoms with Crippen molar-refractivity contribution >= 4 is 12.1 Å². The van der Waals surface area contributed by atoms with Crippen LogP contribution in [0.1, 0.15) is 33.6 Å². The van der Waals surface area contributed by atoms with Gasteiger partial charge in [-0.1, -0.05) is 0 Å². The molecule has 1 N–H and O–H groups in total. The van der Waals surface area contributed by atoms with Crippen molar-refractivity contribution in [1.29, 1.82) is 0 Å². The molecule has 2 aliphatic rings. The topological polar surface area (TPSA) is 76.1 Å². The Bertz CT molecular complexity index is 389. The van der Waals surface area contributed by atoms with Crippen molar-refractivity contribution < 1.29 is 24.2 Å². The third-order valence-corrected chi connectivity index (χ3v) is 4.03. The van der Waals surface area contributed by atoms with Crippen LogP contribution < -0.4 is 0 Å². The molecule has 6 heteroatoms. The number of rotatable bonds is 2. The lowest BCUT2D eigenvalue weighted by Gasteiger charge is -2.51. The van der Waals surface area contributed by atoms with E-state index in [0.717, 1.165) is 12.8 Å². The van der Waals surface area contributed by atoms with E-state index >= 15 is 0 Å². The molecule has 2 saturated heterocycles. The number of nitrogens with zero attached hydrogens (tertiary/aromatic N) is 1. The van der Waals surface area contributed by atoms with Crippen LogP contribution in [0.4, 0.5) is 4.79 Å². The van der Waals surface area contributed by atoms with Crippen LogP contribution in [-0.4, -0.2) is 54.0 Å². The first-order valence-electron chi connectivity index (χ1n) is 7.04. The summed E-state index contributed by atoms with van der Waals surface area (Å²) in [5, 5.41) is 9.55. The van der Waals surface area contributed by atoms with Gasteiger partial charge in [-0.3, -0.25) is 4.79 Å². The molecule has 2 heterocycles. The third kappa shape index (κ3) is 2.90. The Morgan fingerprint density at radius 1 is 1.25 bits per heavy atom. The highest BCUT2D eigenvalue weighted by Gasteiger charge is 2.56. The van der Waals surface area contributed by atoms with E-state index in [1.54, 1.807) is 20.8 Å². The predicted molar refractivity (Wildman–Crippen MR) is 71.4 cm³/mol. The molecule has 2 fully saturated rings. The smallest absolute Gasteiger partial charge is 0.410 e. The van der Waals surface area contributed by atoms with E-state index in [0.29, 0.717) is 13.2 Å². The Morgan fingerprint density at radius 2 is 1.80 bits per heavy atom. The maximum Gasteiger partial charge on any atom is 0.410 e. The van der Waals surface area contributed by atoms with Crippen LogP contribution in [0.15, 0.2) is 0 Å². The van der Waals surface area contributed by atoms with E-state index < -0.39 is 23.1 Å². The number of ether oxygens (including phenoxy) is 2. The number of likely N-dealkylation sites (tertiary alicyclic amines) is 1. The molecular weight excluding hydrogens is 262 g/mol. The van der Waals surface area contributed by atoms with Crippen LogP contribution in [-0.2, 0) is 14.3 Å². The highest BCUT2D eigenvalue weighted by Crippen LogP contribution is 2.43. The summed E-state index contributed by atoms with van der Waals surface area (Å²) < 4.78 is 10.6. The fourth-order valence-corrected chi connectivity index (χ4v) is 2.91. The van der Waals surface area contributed by atoms with E-state index in [-0.39, 0.29) is 19.0 Å². The minimum atomic E-state index is -0.819. The molecule has 2 rings (SSSR count). The van der Waals surface area contributed by atoms with Crippen LogP contribution in [0, 0.1) is 11.3 Å². The van der Waals surface area contributed by atoms with E-state index in [9.17, 15) is 14.7 Å². The standard InChI is InChI=1S/C14H23NO5/c1-13(2,3)20-12(18)15-8-14(9-15,11(16)17)10-4-6-19-7-5-10/h10H,4-9H2,1-3H3,(H,16,17). The first-order chi connectivity index (χ1) is 9.24. The molecule has 0 spiro atoms. The van der Waals surface area contributed by atoms with Crippen LogP contribution in [0.25, 0.3) is 0 Å². The molecule has 0 atom stereocenters. The zero-order chi connectivity index (χ0) is 15.0. The zero-order valence-corrected chi connectivity index (χ0v) is 12.3. The van der Waals surface area contributed by atoms with Gasteiger partial charge < -0.3 is 19.5 Å². The molecule has 6 nitrogen and oxygen atoms in total. The van der Waals surface area contributed by atoms with Gasteiger partial charge in [0.15, 0.2) is 0 Å². The number of carboxylic acids is 1. The number of aliphatic carboxylic acids is 1. The van der Waals surface area contributed by atoms with Gasteiger partial charge in [-0.25, -0.2) is 4.79 Å². The Kier molecular flexibility index (Phi) is 3.95. The molecular formula is C14H23NO5. The number of hydrogen-bond donors (Lipinski definition) is 1. The van der Waals surface area contributed by atoms with Crippen molar-refractivity contribution in [2.24, 2.45) is 11.3 Å². The van der Waals surface area contributed by atoms with Gasteiger partial charge in [-0.15, -0.1) is 0 Å². The number of carbonyl (C=O) groups is 2. The average molecular weight is 285 g/mol. The summed E-state index contributed by atoms with van der Waals surface area (Å²) >= 11 is 0. The lowest BCUT2D eigenvalue weighted by Crippen LogP contribution is -2.66. The molecule has 20 heavy (non-hydrogen) atoms. The lowest BCUT2D eigenvalue weighted by molar-refractivity contribution is -0.170. The van der Waals surface area contributed by atoms with Crippen molar-refractivity contribution in [2.45, 2.75) is 39.2 Å². The largest absolute Gasteiger partial charge is 0.481 e. The summed E-state index contributed by atoms with van der Waals surface area (Å²) in [6.45, 7) is 7.08. The van der Waals surface area contributed by atoms with Crippen molar-refractivity contribution in [3.05, 3.63) is 0 Å². The second kappa shape index (κ2) is 5.24. The fraction of sp³-hybridized carbons (Fsp3) is 0.857. The quantitative estimate of drug-likeness (QED) is 0.836. The van der Waals surface area contributed by atoms with E-state index in [1.807, 2.05) is 0 Å². The fourth-order valence-electron chi connectivity index (χ4n) is 2.91. The molecule has 0 aromatic carbocycles. The second-order valence-electron chi connectivity index (χ2n) is 6.68. The molecule has 1 amide bonds. The van der Waals surface area contributed by atoms with Crippen molar-refractivity contribution in [3.63, 3.8) is 0 Å². The minimum Gasteiger partial charge on any atom is -0.481 e. The summed E-state index contributed by atoms with van der Waals surface area (Å²) in [6.07, 6.45) is 1.06. The molecule has 0 aromatic heterocycles. The summed E-state index contributed by atoms with van der Waals surface area (Å²) in [7, 11) is 0. The summed E-state index contributed by atoms with van der Waals surface area (Å²) in [5.41, 5.74) is -1.38. The van der Waals surface area contributed by atoms with Crippen LogP contribution in [0.2, 0.25) is 0 Å². The van der Waals surface area contributed by atoms with Crippen molar-refractivity contribution in [1.82, 2.24) is 4.90 Å². The van der Waals surface area contributed by atoms with Gasteiger partial charge in [0.05, 0.1) is 0 Å². The predicted octanol–water partition coefficient (Wildman–Crippen LogP) is 1.73. The van der Waals surface area contributed by atoms with Gasteiger partial charge in [-0.05, 0) is 39.5 Å². The van der Waals surface area contributed by atoms with Gasteiger partial charge in [0, 0.05) is 26.3 Å². The molecule has 0 bridgehead atoms. The van der Waals surface area contributed by atoms with Crippen molar-refractivity contribution in [2.75, 3.05) is 26.3 Å². The Hall–Kier alpha value is -1.30. The van der Waals surface area contributed by atoms with E-state index in [1.165, 1.54) is 4.90 Å². The Labute approximate surface area is 119 Å². The summed E-state index contributed by atoms with van der Waals surface area (Å²) in [4.78, 5) is 25.0. The second-order valence-corrected chi connectivity index (χ2v) is 6.68. The van der Waals surface area contributed by atoms with E-state index in [4.69, 9.17) is 9.47 Å². The molecule has 0 radical (unpaired) electrons. The van der Waals surface area contributed by atoms with Crippen LogP contribution in [0.5, 0.6) is 0 Å². The maximum absolute atomic E-state index is 11.9. The van der Waals surface area contributed by atoms with Gasteiger partial charge in [-0.2, -0.15) is 0 Å². The van der Waals surface area contributed by atoms with Gasteiger partial charge in [0.1, 0.15) is 11.0 Å². The zero-order valence-electron chi connectivity index (χ0n) is 12.3. The highest BCUT2D eigenvalue weighted by molar-refractivity contribution is 5.81. The lowest BCUT2D eigenvalue weighted by atomic mass is 9.66. The van der Waals surface area contributed by atoms with Crippen LogP contribution in [0.3, 0.4) is 0 Å². The number of amides is 1. The molecule has 0 aromatic rings. The van der Waals surface area contributed by atoms with Gasteiger partial charge >= 0.3 is 12.1 Å². The summed E-state index contributed by atoms with van der Waals surface area (Å²) in [6, 6.07) is 0. The molecule has 0 saturated carbocycles. The SMILES string of the molecule is CC(C)(C)OC(=O)N1CC(C(=O)O)(C2CCOCC2)C1. The molecule has 0 unspecified atom stereocenters. The third-order valence-electron chi connectivity index (χ3n) is 4.03. The minimum absolute atomic E-state index is 0.0763. The Morgan fingerprint density at radius 3 is 2.25 bits per heavy atom. The first-order valence-corrected chi connectivity index (χ1v) is 7.04. The van der Waals surface area contributed by atoms with Crippen LogP contribution >= 0.6 is 0 Å². The maximum atomic E-state index is 11.9. The Balaban J connectivity index is 1.98. The molecule has 0 aliphatic carbocycles. The number of carboxylic acid groups (broad SMARTS) is 1. The van der Waals surface area contributed by atoms with Gasteiger partial charge in [0.2, 0.25) is 0 Å². The number of carbonyl (C=O) groups excluding carboxylic acids is 1. The van der Waals surface area contributed by atoms with Crippen molar-refractivity contribution in [3.8, 4) is 0 Å². The van der Waals surface area contributed by atoms with Gasteiger partial charge in [0.25, 0.3) is 0 Å². The number of hydrogen-bond acceptors (Lipinski definition) is 4. The first kappa shape index (κ1) is 15.1. The normalized spacial score (nSPS) is 23.1. The van der Waals surface area contributed by atoms with E-state index in [2.05, 4.69) is 0 Å². The summed E-state index contributed by atoms with van der Waals surface area (Å²) in [5.74, 6) is -0.739. The molecule has 114 valence electrons. The average Bonchev–Trinajstić information content (AvgIpc) is 2.26. The highest BCUT2D eigenvalue weighted by atomic mass is 16.6. The molecule has 2 aliphatic heterocycles.